The highest BCUT2D eigenvalue weighted by atomic mass is 32.2. The van der Waals surface area contributed by atoms with Gasteiger partial charge in [-0.3, -0.25) is 9.00 Å². The Balaban J connectivity index is 0.00000149. The molecule has 0 aromatic heterocycles. The summed E-state index contributed by atoms with van der Waals surface area (Å²) in [6.45, 7) is 12.1. The molecule has 0 saturated carbocycles. The Hall–Kier alpha value is -2.45. The van der Waals surface area contributed by atoms with Gasteiger partial charge in [-0.15, -0.1) is 0 Å². The van der Waals surface area contributed by atoms with Crippen molar-refractivity contribution in [2.75, 3.05) is 19.6 Å². The molecule has 7 nitrogen and oxygen atoms in total. The second-order valence-electron chi connectivity index (χ2n) is 8.68. The highest BCUT2D eigenvalue weighted by Gasteiger charge is 2.25. The van der Waals surface area contributed by atoms with Gasteiger partial charge in [0.1, 0.15) is 0 Å². The number of carbonyl (C=O) groups is 1. The van der Waals surface area contributed by atoms with Crippen LogP contribution in [-0.2, 0) is 22.1 Å². The third kappa shape index (κ3) is 6.77. The first-order valence-corrected chi connectivity index (χ1v) is 13.2. The summed E-state index contributed by atoms with van der Waals surface area (Å²) in [5, 5.41) is 6.22. The molecule has 0 bridgehead atoms. The van der Waals surface area contributed by atoms with Gasteiger partial charge in [-0.1, -0.05) is 39.8 Å². The number of hydrogen-bond donors (Lipinski definition) is 2. The molecule has 1 amide bonds. The highest BCUT2D eigenvalue weighted by Crippen LogP contribution is 2.22. The molecular formula is C25H37N5O2S. The van der Waals surface area contributed by atoms with Gasteiger partial charge in [-0.05, 0) is 49.5 Å². The number of nitrogens with zero attached hydrogens (tertiary/aromatic N) is 3. The van der Waals surface area contributed by atoms with Crippen molar-refractivity contribution in [1.82, 2.24) is 20.4 Å². The molecule has 4 rings (SSSR count). The third-order valence-electron chi connectivity index (χ3n) is 5.75. The standard InChI is InChI=1S/C23H31N5O2S.C2H6/c1-17(2)15-27-10-7-21(8-11-27)31(30)20-5-3-18(4-6-20)13-25-22(29)19-14-26-23-24-9-12-28(23)16-19;1-2/h3-6,9,12,14,16-17,21,23-24H,7-8,10-11,13,15H2,1-2H3,(H,25,29);1-2H3. The number of carbonyl (C=O) groups excluding carboxylic acids is 1. The Morgan fingerprint density at radius 3 is 2.58 bits per heavy atom. The maximum absolute atomic E-state index is 13.0. The van der Waals surface area contributed by atoms with Crippen LogP contribution in [0.4, 0.5) is 0 Å². The first-order valence-electron chi connectivity index (χ1n) is 11.9. The monoisotopic (exact) mass is 471 g/mol. The van der Waals surface area contributed by atoms with Gasteiger partial charge in [0, 0.05) is 48.0 Å². The Morgan fingerprint density at radius 2 is 1.91 bits per heavy atom. The maximum Gasteiger partial charge on any atom is 0.254 e. The van der Waals surface area contributed by atoms with Crippen molar-refractivity contribution in [2.24, 2.45) is 10.9 Å². The second kappa shape index (κ2) is 12.1. The lowest BCUT2D eigenvalue weighted by Gasteiger charge is -2.32. The zero-order chi connectivity index (χ0) is 23.8. The number of benzene rings is 1. The van der Waals surface area contributed by atoms with E-state index in [-0.39, 0.29) is 17.4 Å². The summed E-state index contributed by atoms with van der Waals surface area (Å²) in [6.07, 6.45) is 8.85. The second-order valence-corrected chi connectivity index (χ2v) is 10.4. The van der Waals surface area contributed by atoms with Crippen molar-refractivity contribution >= 4 is 22.9 Å². The van der Waals surface area contributed by atoms with E-state index in [1.165, 1.54) is 0 Å². The molecule has 8 heteroatoms. The first-order chi connectivity index (χ1) is 16.0. The highest BCUT2D eigenvalue weighted by molar-refractivity contribution is 7.85. The fourth-order valence-electron chi connectivity index (χ4n) is 4.12. The summed E-state index contributed by atoms with van der Waals surface area (Å²) in [6, 6.07) is 7.78. The number of amides is 1. The maximum atomic E-state index is 13.0. The number of nitrogens with one attached hydrogen (secondary N) is 2. The normalized spacial score (nSPS) is 21.1. The van der Waals surface area contributed by atoms with Gasteiger partial charge >= 0.3 is 0 Å². The van der Waals surface area contributed by atoms with E-state index in [0.717, 1.165) is 42.9 Å². The molecule has 2 atom stereocenters. The lowest BCUT2D eigenvalue weighted by molar-refractivity contribution is -0.117. The average Bonchev–Trinajstić information content (AvgIpc) is 3.32. The molecular weight excluding hydrogens is 434 g/mol. The minimum Gasteiger partial charge on any atom is -0.351 e. The minimum atomic E-state index is -0.983. The molecule has 0 spiro atoms. The summed E-state index contributed by atoms with van der Waals surface area (Å²) in [4.78, 5) is 22.0. The van der Waals surface area contributed by atoms with E-state index in [2.05, 4.69) is 34.4 Å². The predicted octanol–water partition coefficient (Wildman–Crippen LogP) is 3.19. The molecule has 0 radical (unpaired) electrons. The molecule has 1 aromatic carbocycles. The fraction of sp³-hybridized carbons (Fsp3) is 0.520. The molecule has 2 unspecified atom stereocenters. The van der Waals surface area contributed by atoms with E-state index in [0.29, 0.717) is 18.0 Å². The molecule has 1 saturated heterocycles. The molecule has 3 aliphatic rings. The van der Waals surface area contributed by atoms with Gasteiger partial charge < -0.3 is 20.4 Å². The van der Waals surface area contributed by atoms with Crippen LogP contribution in [0.3, 0.4) is 0 Å². The SMILES string of the molecule is CC.CC(C)CN1CCC(S(=O)c2ccc(CNC(=O)C3=CN4C=CNC4N=C3)cc2)CC1. The fourth-order valence-corrected chi connectivity index (χ4v) is 5.55. The van der Waals surface area contributed by atoms with E-state index < -0.39 is 10.8 Å². The van der Waals surface area contributed by atoms with E-state index in [1.54, 1.807) is 18.6 Å². The summed E-state index contributed by atoms with van der Waals surface area (Å²) >= 11 is 0. The van der Waals surface area contributed by atoms with Crippen LogP contribution in [0.25, 0.3) is 0 Å². The van der Waals surface area contributed by atoms with Gasteiger partial charge in [-0.2, -0.15) is 0 Å². The Bertz CT molecular complexity index is 902. The molecule has 3 aliphatic heterocycles. The molecule has 3 heterocycles. The average molecular weight is 472 g/mol. The van der Waals surface area contributed by atoms with Crippen molar-refractivity contribution in [3.63, 3.8) is 0 Å². The number of aliphatic imine (C=N–C) groups is 1. The van der Waals surface area contributed by atoms with Crippen LogP contribution in [0.1, 0.15) is 46.1 Å². The van der Waals surface area contributed by atoms with Crippen molar-refractivity contribution in [1.29, 1.82) is 0 Å². The van der Waals surface area contributed by atoms with Crippen molar-refractivity contribution in [3.05, 3.63) is 54.0 Å². The Labute approximate surface area is 200 Å². The van der Waals surface area contributed by atoms with Crippen molar-refractivity contribution in [3.8, 4) is 0 Å². The van der Waals surface area contributed by atoms with Gasteiger partial charge in [-0.25, -0.2) is 4.99 Å². The lowest BCUT2D eigenvalue weighted by atomic mass is 10.1. The van der Waals surface area contributed by atoms with Crippen molar-refractivity contribution in [2.45, 2.75) is 63.5 Å². The number of hydrogen-bond acceptors (Lipinski definition) is 6. The van der Waals surface area contributed by atoms with Crippen LogP contribution in [0, 0.1) is 5.92 Å². The quantitative estimate of drug-likeness (QED) is 0.639. The summed E-state index contributed by atoms with van der Waals surface area (Å²) < 4.78 is 13.0. The molecule has 1 aromatic rings. The molecule has 180 valence electrons. The van der Waals surface area contributed by atoms with Gasteiger partial charge in [0.25, 0.3) is 5.91 Å². The van der Waals surface area contributed by atoms with Crippen LogP contribution >= 0.6 is 0 Å². The molecule has 33 heavy (non-hydrogen) atoms. The van der Waals surface area contributed by atoms with E-state index in [1.807, 2.05) is 49.2 Å². The van der Waals surface area contributed by atoms with Gasteiger partial charge in [0.15, 0.2) is 6.29 Å². The van der Waals surface area contributed by atoms with E-state index >= 15 is 0 Å². The van der Waals surface area contributed by atoms with Crippen LogP contribution in [0.2, 0.25) is 0 Å². The van der Waals surface area contributed by atoms with Gasteiger partial charge in [0.05, 0.1) is 16.4 Å². The first kappa shape index (κ1) is 25.2. The number of rotatable bonds is 7. The molecule has 2 N–H and O–H groups in total. The largest absolute Gasteiger partial charge is 0.351 e. The summed E-state index contributed by atoms with van der Waals surface area (Å²) in [7, 11) is -0.983. The van der Waals surface area contributed by atoms with Gasteiger partial charge in [0.2, 0.25) is 0 Å². The predicted molar refractivity (Wildman–Crippen MR) is 135 cm³/mol. The minimum absolute atomic E-state index is 0.146. The molecule has 0 aliphatic carbocycles. The molecule has 1 fully saturated rings. The van der Waals surface area contributed by atoms with Crippen LogP contribution < -0.4 is 10.6 Å². The van der Waals surface area contributed by atoms with Crippen LogP contribution in [-0.4, -0.2) is 57.3 Å². The van der Waals surface area contributed by atoms with Crippen LogP contribution in [0.5, 0.6) is 0 Å². The van der Waals surface area contributed by atoms with E-state index in [4.69, 9.17) is 0 Å². The Morgan fingerprint density at radius 1 is 1.21 bits per heavy atom. The summed E-state index contributed by atoms with van der Waals surface area (Å²) in [5.41, 5.74) is 1.50. The number of likely N-dealkylation sites (tertiary alicyclic amines) is 1. The smallest absolute Gasteiger partial charge is 0.254 e. The van der Waals surface area contributed by atoms with Crippen molar-refractivity contribution < 1.29 is 9.00 Å². The topological polar surface area (TPSA) is 77.0 Å². The third-order valence-corrected chi connectivity index (χ3v) is 7.56. The zero-order valence-corrected chi connectivity index (χ0v) is 21.0. The zero-order valence-electron chi connectivity index (χ0n) is 20.2. The number of fused-ring (bicyclic) bond motifs is 1. The lowest BCUT2D eigenvalue weighted by Crippen LogP contribution is -2.39. The van der Waals surface area contributed by atoms with E-state index in [9.17, 15) is 9.00 Å². The summed E-state index contributed by atoms with van der Waals surface area (Å²) in [5.74, 6) is 0.506. The number of piperidine rings is 1. The Kier molecular flexibility index (Phi) is 9.26. The van der Waals surface area contributed by atoms with Crippen LogP contribution in [0.15, 0.2) is 58.3 Å².